The number of nitrogens with one attached hydrogen (secondary N) is 1. The van der Waals surface area contributed by atoms with Gasteiger partial charge in [0.25, 0.3) is 11.8 Å². The number of nitrogens with zero attached hydrogens (tertiary/aromatic N) is 1. The Morgan fingerprint density at radius 1 is 1.07 bits per heavy atom. The molecule has 1 saturated heterocycles. The van der Waals surface area contributed by atoms with E-state index in [4.69, 9.17) is 27.9 Å². The van der Waals surface area contributed by atoms with Crippen molar-refractivity contribution in [2.24, 2.45) is 0 Å². The molecule has 0 spiro atoms. The molecule has 0 aliphatic carbocycles. The number of carbonyl (C=O) groups excluding carboxylic acids is 3. The van der Waals surface area contributed by atoms with Crippen LogP contribution in [-0.4, -0.2) is 24.5 Å². The van der Waals surface area contributed by atoms with Crippen LogP contribution in [0.1, 0.15) is 5.56 Å². The Morgan fingerprint density at radius 3 is 2.33 bits per heavy atom. The maximum absolute atomic E-state index is 13.0. The highest BCUT2D eigenvalue weighted by molar-refractivity contribution is 9.11. The zero-order chi connectivity index (χ0) is 22.0. The molecule has 0 saturated carbocycles. The third-order valence-electron chi connectivity index (χ3n) is 3.94. The van der Waals surface area contributed by atoms with Crippen LogP contribution in [0.25, 0.3) is 6.08 Å². The number of hydrogen-bond donors (Lipinski definition) is 1. The van der Waals surface area contributed by atoms with Gasteiger partial charge in [-0.05, 0) is 73.8 Å². The molecular weight excluding hydrogens is 563 g/mol. The van der Waals surface area contributed by atoms with Crippen molar-refractivity contribution in [3.8, 4) is 5.75 Å². The summed E-state index contributed by atoms with van der Waals surface area (Å²) in [5.74, 6) is -1.05. The number of urea groups is 1. The van der Waals surface area contributed by atoms with Gasteiger partial charge in [0, 0.05) is 0 Å². The third kappa shape index (κ3) is 4.62. The summed E-state index contributed by atoms with van der Waals surface area (Å²) in [5.41, 5.74) is 0.488. The molecule has 1 N–H and O–H groups in total. The number of benzene rings is 2. The van der Waals surface area contributed by atoms with Crippen molar-refractivity contribution in [1.29, 1.82) is 0 Å². The summed E-state index contributed by atoms with van der Waals surface area (Å²) in [6.45, 7) is 3.91. The summed E-state index contributed by atoms with van der Waals surface area (Å²) >= 11 is 18.7. The van der Waals surface area contributed by atoms with Gasteiger partial charge in [-0.1, -0.05) is 35.9 Å². The molecule has 2 aromatic rings. The van der Waals surface area contributed by atoms with E-state index in [1.165, 1.54) is 24.3 Å². The summed E-state index contributed by atoms with van der Waals surface area (Å²) in [5, 5.41) is 2.59. The number of rotatable bonds is 5. The topological polar surface area (TPSA) is 75.7 Å². The number of carbonyl (C=O) groups is 3. The number of halogens is 4. The molecule has 1 heterocycles. The molecule has 0 radical (unpaired) electrons. The number of ether oxygens (including phenoxy) is 1. The van der Waals surface area contributed by atoms with Crippen LogP contribution < -0.4 is 15.0 Å². The Balaban J connectivity index is 2.00. The smallest absolute Gasteiger partial charge is 0.335 e. The molecule has 10 heteroatoms. The number of amides is 4. The molecule has 0 unspecified atom stereocenters. The van der Waals surface area contributed by atoms with Crippen molar-refractivity contribution >= 4 is 84.7 Å². The van der Waals surface area contributed by atoms with Crippen molar-refractivity contribution in [2.75, 3.05) is 11.5 Å². The van der Waals surface area contributed by atoms with Crippen LogP contribution in [0.2, 0.25) is 10.0 Å². The van der Waals surface area contributed by atoms with Gasteiger partial charge in [0.05, 0.1) is 24.7 Å². The SMILES string of the molecule is C=CCOc1c(Br)cc(/C=C2\C(=O)NC(=O)N(c3ccc(Cl)c(Cl)c3)C2=O)cc1Br. The van der Waals surface area contributed by atoms with Crippen molar-refractivity contribution < 1.29 is 19.1 Å². The molecule has 3 rings (SSSR count). The van der Waals surface area contributed by atoms with Crippen molar-refractivity contribution in [1.82, 2.24) is 5.32 Å². The molecule has 0 atom stereocenters. The Morgan fingerprint density at radius 2 is 1.73 bits per heavy atom. The second-order valence-corrected chi connectivity index (χ2v) is 8.49. The predicted molar refractivity (Wildman–Crippen MR) is 123 cm³/mol. The highest BCUT2D eigenvalue weighted by atomic mass is 79.9. The number of barbiturate groups is 1. The third-order valence-corrected chi connectivity index (χ3v) is 5.86. The van der Waals surface area contributed by atoms with E-state index >= 15 is 0 Å². The molecule has 6 nitrogen and oxygen atoms in total. The van der Waals surface area contributed by atoms with E-state index in [0.29, 0.717) is 26.9 Å². The van der Waals surface area contributed by atoms with E-state index in [2.05, 4.69) is 43.8 Å². The first kappa shape index (κ1) is 22.6. The Labute approximate surface area is 198 Å². The van der Waals surface area contributed by atoms with Crippen LogP contribution in [0, 0.1) is 0 Å². The van der Waals surface area contributed by atoms with Gasteiger partial charge in [-0.3, -0.25) is 14.9 Å². The molecule has 1 aliphatic rings. The fourth-order valence-electron chi connectivity index (χ4n) is 2.63. The lowest BCUT2D eigenvalue weighted by molar-refractivity contribution is -0.122. The first-order valence-corrected chi connectivity index (χ1v) is 10.7. The summed E-state index contributed by atoms with van der Waals surface area (Å²) in [7, 11) is 0. The lowest BCUT2D eigenvalue weighted by Crippen LogP contribution is -2.54. The standard InChI is InChI=1S/C20H12Br2Cl2N2O4/c1-2-5-30-17-13(21)7-10(8-14(17)22)6-12-18(27)25-20(29)26(19(12)28)11-3-4-15(23)16(24)9-11/h2-4,6-9H,1,5H2,(H,25,27,29)/b12-6+. The zero-order valence-corrected chi connectivity index (χ0v) is 19.7. The lowest BCUT2D eigenvalue weighted by Gasteiger charge is -2.26. The molecule has 2 aromatic carbocycles. The molecule has 154 valence electrons. The van der Waals surface area contributed by atoms with Crippen molar-refractivity contribution in [3.05, 3.63) is 73.1 Å². The monoisotopic (exact) mass is 572 g/mol. The van der Waals surface area contributed by atoms with Gasteiger partial charge in [0.2, 0.25) is 0 Å². The first-order valence-electron chi connectivity index (χ1n) is 8.32. The second kappa shape index (κ2) is 9.34. The Kier molecular flexibility index (Phi) is 7.02. The van der Waals surface area contributed by atoms with Crippen LogP contribution in [0.3, 0.4) is 0 Å². The van der Waals surface area contributed by atoms with Gasteiger partial charge in [-0.15, -0.1) is 0 Å². The summed E-state index contributed by atoms with van der Waals surface area (Å²) in [6.07, 6.45) is 2.98. The van der Waals surface area contributed by atoms with Crippen LogP contribution in [0.4, 0.5) is 10.5 Å². The molecular formula is C20H12Br2Cl2N2O4. The van der Waals surface area contributed by atoms with Crippen LogP contribution in [0.15, 0.2) is 57.5 Å². The average Bonchev–Trinajstić information content (AvgIpc) is 2.67. The van der Waals surface area contributed by atoms with Gasteiger partial charge >= 0.3 is 6.03 Å². The molecule has 1 fully saturated rings. The molecule has 4 amide bonds. The largest absolute Gasteiger partial charge is 0.487 e. The van der Waals surface area contributed by atoms with Gasteiger partial charge in [-0.25, -0.2) is 9.69 Å². The number of anilines is 1. The summed E-state index contributed by atoms with van der Waals surface area (Å²) in [4.78, 5) is 38.4. The maximum Gasteiger partial charge on any atom is 0.335 e. The van der Waals surface area contributed by atoms with Crippen LogP contribution in [0.5, 0.6) is 5.75 Å². The predicted octanol–water partition coefficient (Wildman–Crippen LogP) is 5.75. The molecule has 0 bridgehead atoms. The minimum atomic E-state index is -0.879. The van der Waals surface area contributed by atoms with E-state index in [1.54, 1.807) is 18.2 Å². The van der Waals surface area contributed by atoms with E-state index in [9.17, 15) is 14.4 Å². The summed E-state index contributed by atoms with van der Waals surface area (Å²) in [6, 6.07) is 6.76. The highest BCUT2D eigenvalue weighted by Gasteiger charge is 2.37. The van der Waals surface area contributed by atoms with Gasteiger partial charge in [0.15, 0.2) is 0 Å². The quantitative estimate of drug-likeness (QED) is 0.280. The minimum Gasteiger partial charge on any atom is -0.487 e. The van der Waals surface area contributed by atoms with Crippen LogP contribution in [-0.2, 0) is 9.59 Å². The summed E-state index contributed by atoms with van der Waals surface area (Å²) < 4.78 is 6.77. The fraction of sp³-hybridized carbons (Fsp3) is 0.0500. The normalized spacial score (nSPS) is 15.4. The molecule has 30 heavy (non-hydrogen) atoms. The maximum atomic E-state index is 13.0. The van der Waals surface area contributed by atoms with Crippen molar-refractivity contribution in [3.63, 3.8) is 0 Å². The minimum absolute atomic E-state index is 0.167. The first-order chi connectivity index (χ1) is 14.2. The highest BCUT2D eigenvalue weighted by Crippen LogP contribution is 2.36. The second-order valence-electron chi connectivity index (χ2n) is 5.97. The van der Waals surface area contributed by atoms with Crippen molar-refractivity contribution in [2.45, 2.75) is 0 Å². The van der Waals surface area contributed by atoms with Gasteiger partial charge < -0.3 is 4.74 Å². The van der Waals surface area contributed by atoms with Crippen LogP contribution >= 0.6 is 55.1 Å². The number of imide groups is 2. The fourth-order valence-corrected chi connectivity index (χ4v) is 4.37. The molecule has 1 aliphatic heterocycles. The van der Waals surface area contributed by atoms with E-state index in [-0.39, 0.29) is 21.3 Å². The molecule has 0 aromatic heterocycles. The van der Waals surface area contributed by atoms with E-state index in [1.807, 2.05) is 0 Å². The average molecular weight is 575 g/mol. The number of hydrogen-bond acceptors (Lipinski definition) is 4. The van der Waals surface area contributed by atoms with Gasteiger partial charge in [-0.2, -0.15) is 0 Å². The lowest BCUT2D eigenvalue weighted by atomic mass is 10.1. The van der Waals surface area contributed by atoms with Gasteiger partial charge in [0.1, 0.15) is 17.9 Å². The Hall–Kier alpha value is -2.13. The zero-order valence-electron chi connectivity index (χ0n) is 15.0. The van der Waals surface area contributed by atoms with E-state index in [0.717, 1.165) is 4.90 Å². The Bertz CT molecular complexity index is 1090. The van der Waals surface area contributed by atoms with E-state index < -0.39 is 17.8 Å².